The molecule has 0 bridgehead atoms. The van der Waals surface area contributed by atoms with Crippen molar-refractivity contribution in [2.75, 3.05) is 0 Å². The zero-order chi connectivity index (χ0) is 18.4. The predicted molar refractivity (Wildman–Crippen MR) is 110 cm³/mol. The Hall–Kier alpha value is -3.10. The minimum absolute atomic E-state index is 0.230. The maximum atomic E-state index is 10.4. The molecule has 0 atom stereocenters. The first-order chi connectivity index (χ1) is 13.2. The van der Waals surface area contributed by atoms with Gasteiger partial charge in [-0.2, -0.15) is 0 Å². The van der Waals surface area contributed by atoms with Gasteiger partial charge in [-0.15, -0.1) is 0 Å². The van der Waals surface area contributed by atoms with Crippen molar-refractivity contribution in [1.82, 2.24) is 4.98 Å². The van der Waals surface area contributed by atoms with Crippen LogP contribution >= 0.6 is 11.6 Å². The Morgan fingerprint density at radius 2 is 1.56 bits per heavy atom. The molecule has 0 fully saturated rings. The van der Waals surface area contributed by atoms with Gasteiger partial charge in [0.1, 0.15) is 5.75 Å². The highest BCUT2D eigenvalue weighted by molar-refractivity contribution is 6.30. The number of hydrogen-bond acceptors (Lipinski definition) is 2. The van der Waals surface area contributed by atoms with E-state index in [2.05, 4.69) is 30.3 Å². The molecule has 1 aliphatic carbocycles. The third kappa shape index (κ3) is 2.70. The number of aromatic hydroxyl groups is 1. The summed E-state index contributed by atoms with van der Waals surface area (Å²) in [6.07, 6.45) is 0.849. The average Bonchev–Trinajstić information content (AvgIpc) is 3.06. The number of para-hydroxylation sites is 1. The van der Waals surface area contributed by atoms with E-state index in [1.54, 1.807) is 6.07 Å². The van der Waals surface area contributed by atoms with Crippen LogP contribution in [0.5, 0.6) is 5.75 Å². The summed E-state index contributed by atoms with van der Waals surface area (Å²) in [4.78, 5) is 4.94. The molecule has 2 nitrogen and oxygen atoms in total. The van der Waals surface area contributed by atoms with Crippen molar-refractivity contribution in [3.8, 4) is 39.4 Å². The molecule has 0 spiro atoms. The number of phenolic OH excluding ortho intramolecular Hbond substituents is 1. The Morgan fingerprint density at radius 1 is 0.778 bits per heavy atom. The third-order valence-electron chi connectivity index (χ3n) is 5.08. The Labute approximate surface area is 162 Å². The number of benzene rings is 3. The second-order valence-electron chi connectivity index (χ2n) is 6.74. The number of fused-ring (bicyclic) bond motifs is 3. The zero-order valence-electron chi connectivity index (χ0n) is 14.5. The fourth-order valence-electron chi connectivity index (χ4n) is 3.81. The van der Waals surface area contributed by atoms with Crippen LogP contribution in [0.1, 0.15) is 11.1 Å². The Balaban J connectivity index is 1.81. The summed E-state index contributed by atoms with van der Waals surface area (Å²) in [6, 6.07) is 25.6. The van der Waals surface area contributed by atoms with E-state index in [4.69, 9.17) is 16.6 Å². The third-order valence-corrected chi connectivity index (χ3v) is 5.31. The first kappa shape index (κ1) is 16.1. The summed E-state index contributed by atoms with van der Waals surface area (Å²) >= 11 is 6.26. The van der Waals surface area contributed by atoms with Crippen LogP contribution in [-0.2, 0) is 6.42 Å². The predicted octanol–water partition coefficient (Wildman–Crippen LogP) is 6.35. The van der Waals surface area contributed by atoms with Gasteiger partial charge in [0, 0.05) is 22.6 Å². The lowest BCUT2D eigenvalue weighted by atomic mass is 9.96. The molecule has 0 amide bonds. The molecular weight excluding hydrogens is 354 g/mol. The van der Waals surface area contributed by atoms with E-state index < -0.39 is 0 Å². The standard InChI is InChI=1S/C24H16ClNO/c25-17-8-5-7-15(12-17)20-14-22(19-10-3-4-11-23(19)27)26-24-18-9-2-1-6-16(18)13-21(20)24/h1-12,14,27H,13H2. The molecule has 4 aromatic rings. The lowest BCUT2D eigenvalue weighted by molar-refractivity contribution is 0.477. The van der Waals surface area contributed by atoms with Crippen LogP contribution in [-0.4, -0.2) is 10.1 Å². The Morgan fingerprint density at radius 3 is 2.37 bits per heavy atom. The molecule has 1 aliphatic rings. The van der Waals surface area contributed by atoms with Gasteiger partial charge < -0.3 is 5.11 Å². The summed E-state index contributed by atoms with van der Waals surface area (Å²) in [6.45, 7) is 0. The van der Waals surface area contributed by atoms with Crippen LogP contribution in [0.4, 0.5) is 0 Å². The van der Waals surface area contributed by atoms with Gasteiger partial charge >= 0.3 is 0 Å². The smallest absolute Gasteiger partial charge is 0.124 e. The fourth-order valence-corrected chi connectivity index (χ4v) is 4.00. The highest BCUT2D eigenvalue weighted by Crippen LogP contribution is 2.43. The van der Waals surface area contributed by atoms with Crippen molar-refractivity contribution < 1.29 is 5.11 Å². The molecule has 0 aliphatic heterocycles. The van der Waals surface area contributed by atoms with Crippen molar-refractivity contribution in [2.45, 2.75) is 6.42 Å². The van der Waals surface area contributed by atoms with Crippen LogP contribution in [0.3, 0.4) is 0 Å². The first-order valence-electron chi connectivity index (χ1n) is 8.87. The minimum atomic E-state index is 0.230. The summed E-state index contributed by atoms with van der Waals surface area (Å²) in [5.74, 6) is 0.230. The van der Waals surface area contributed by atoms with Crippen LogP contribution < -0.4 is 0 Å². The molecule has 1 heterocycles. The van der Waals surface area contributed by atoms with Gasteiger partial charge in [-0.05, 0) is 52.6 Å². The number of hydrogen-bond donors (Lipinski definition) is 1. The summed E-state index contributed by atoms with van der Waals surface area (Å²) in [5, 5.41) is 11.1. The monoisotopic (exact) mass is 369 g/mol. The molecule has 27 heavy (non-hydrogen) atoms. The molecular formula is C24H16ClNO. The van der Waals surface area contributed by atoms with Crippen molar-refractivity contribution in [2.24, 2.45) is 0 Å². The van der Waals surface area contributed by atoms with E-state index in [9.17, 15) is 5.11 Å². The Kier molecular flexibility index (Phi) is 3.73. The highest BCUT2D eigenvalue weighted by atomic mass is 35.5. The largest absolute Gasteiger partial charge is 0.507 e. The molecule has 1 N–H and O–H groups in total. The van der Waals surface area contributed by atoms with Gasteiger partial charge in [0.2, 0.25) is 0 Å². The lowest BCUT2D eigenvalue weighted by Crippen LogP contribution is -1.94. The van der Waals surface area contributed by atoms with Crippen molar-refractivity contribution >= 4 is 11.6 Å². The van der Waals surface area contributed by atoms with Crippen molar-refractivity contribution in [3.05, 3.63) is 95.0 Å². The van der Waals surface area contributed by atoms with Gasteiger partial charge in [-0.3, -0.25) is 0 Å². The van der Waals surface area contributed by atoms with Gasteiger partial charge in [0.25, 0.3) is 0 Å². The molecule has 1 aromatic heterocycles. The quantitative estimate of drug-likeness (QED) is 0.393. The first-order valence-corrected chi connectivity index (χ1v) is 9.25. The lowest BCUT2D eigenvalue weighted by Gasteiger charge is -2.13. The molecule has 0 saturated carbocycles. The summed E-state index contributed by atoms with van der Waals surface area (Å²) in [7, 11) is 0. The number of aromatic nitrogens is 1. The molecule has 3 aromatic carbocycles. The van der Waals surface area contributed by atoms with Crippen molar-refractivity contribution in [3.63, 3.8) is 0 Å². The molecule has 0 saturated heterocycles. The summed E-state index contributed by atoms with van der Waals surface area (Å²) < 4.78 is 0. The second-order valence-corrected chi connectivity index (χ2v) is 7.18. The summed E-state index contributed by atoms with van der Waals surface area (Å²) in [5.41, 5.74) is 8.29. The van der Waals surface area contributed by atoms with Crippen LogP contribution in [0.15, 0.2) is 78.9 Å². The second kappa shape index (κ2) is 6.26. The highest BCUT2D eigenvalue weighted by Gasteiger charge is 2.24. The molecule has 3 heteroatoms. The number of rotatable bonds is 2. The topological polar surface area (TPSA) is 33.1 Å². The molecule has 0 unspecified atom stereocenters. The van der Waals surface area contributed by atoms with Crippen LogP contribution in [0.25, 0.3) is 33.6 Å². The normalized spacial score (nSPS) is 11.9. The number of pyridine rings is 1. The van der Waals surface area contributed by atoms with Crippen molar-refractivity contribution in [1.29, 1.82) is 0 Å². The van der Waals surface area contributed by atoms with Gasteiger partial charge in [0.15, 0.2) is 0 Å². The van der Waals surface area contributed by atoms with Gasteiger partial charge in [0.05, 0.1) is 11.4 Å². The fraction of sp³-hybridized carbons (Fsp3) is 0.0417. The van der Waals surface area contributed by atoms with E-state index in [0.29, 0.717) is 5.02 Å². The van der Waals surface area contributed by atoms with E-state index in [0.717, 1.165) is 40.1 Å². The maximum absolute atomic E-state index is 10.4. The van der Waals surface area contributed by atoms with Crippen LogP contribution in [0.2, 0.25) is 5.02 Å². The molecule has 5 rings (SSSR count). The Bertz CT molecular complexity index is 1180. The number of halogens is 1. The van der Waals surface area contributed by atoms with Crippen LogP contribution in [0, 0.1) is 0 Å². The van der Waals surface area contributed by atoms with Gasteiger partial charge in [-0.25, -0.2) is 4.98 Å². The van der Waals surface area contributed by atoms with E-state index in [1.165, 1.54) is 11.1 Å². The van der Waals surface area contributed by atoms with E-state index >= 15 is 0 Å². The number of nitrogens with zero attached hydrogens (tertiary/aromatic N) is 1. The minimum Gasteiger partial charge on any atom is -0.507 e. The zero-order valence-corrected chi connectivity index (χ0v) is 15.2. The van der Waals surface area contributed by atoms with E-state index in [1.807, 2.05) is 42.5 Å². The SMILES string of the molecule is Oc1ccccc1-c1cc(-c2cccc(Cl)c2)c2c(n1)-c1ccccc1C2. The number of phenols is 1. The van der Waals surface area contributed by atoms with Gasteiger partial charge in [-0.1, -0.05) is 60.1 Å². The molecule has 0 radical (unpaired) electrons. The maximum Gasteiger partial charge on any atom is 0.124 e. The average molecular weight is 370 g/mol. The van der Waals surface area contributed by atoms with E-state index in [-0.39, 0.29) is 5.75 Å². The molecule has 130 valence electrons.